The molecule has 20 aromatic rings. The van der Waals surface area contributed by atoms with Crippen molar-refractivity contribution < 1.29 is 0 Å². The molecule has 0 aliphatic carbocycles. The van der Waals surface area contributed by atoms with Crippen molar-refractivity contribution in [3.8, 4) is 77.9 Å². The highest BCUT2D eigenvalue weighted by atomic mass is 32.1. The van der Waals surface area contributed by atoms with E-state index in [2.05, 4.69) is 398 Å². The zero-order chi connectivity index (χ0) is 68.6. The molecule has 486 valence electrons. The maximum Gasteiger partial charge on any atom is 0.0624 e. The Hall–Kier alpha value is -13.0. The molecule has 0 bridgehead atoms. The number of nitrogens with zero attached hydrogens (tertiary/aromatic N) is 2. The molecule has 0 aliphatic heterocycles. The van der Waals surface area contributed by atoms with Crippen molar-refractivity contribution in [2.75, 3.05) is 9.80 Å². The van der Waals surface area contributed by atoms with Crippen LogP contribution in [0.5, 0.6) is 0 Å². The van der Waals surface area contributed by atoms with Crippen molar-refractivity contribution in [1.29, 1.82) is 0 Å². The van der Waals surface area contributed by atoms with Crippen molar-refractivity contribution in [1.82, 2.24) is 0 Å². The molecular formula is C100H64N2S2. The quantitative estimate of drug-likeness (QED) is 0.106. The Morgan fingerprint density at radius 1 is 0.154 bits per heavy atom. The van der Waals surface area contributed by atoms with Crippen LogP contribution in [0.15, 0.2) is 388 Å². The normalized spacial score (nSPS) is 11.7. The van der Waals surface area contributed by atoms with E-state index in [1.165, 1.54) is 111 Å². The van der Waals surface area contributed by atoms with Crippen molar-refractivity contribution in [2.45, 2.75) is 0 Å². The van der Waals surface area contributed by atoms with Crippen LogP contribution < -0.4 is 9.80 Å². The number of benzene rings is 18. The van der Waals surface area contributed by atoms with Crippen molar-refractivity contribution >= 4 is 140 Å². The molecule has 0 N–H and O–H groups in total. The molecule has 0 unspecified atom stereocenters. The molecule has 0 radical (unpaired) electrons. The third kappa shape index (κ3) is 10.4. The van der Waals surface area contributed by atoms with Gasteiger partial charge in [0, 0.05) is 85.0 Å². The predicted octanol–water partition coefficient (Wildman–Crippen LogP) is 29.6. The fourth-order valence-electron chi connectivity index (χ4n) is 16.3. The number of rotatable bonds is 13. The van der Waals surface area contributed by atoms with Gasteiger partial charge in [-0.3, -0.25) is 0 Å². The van der Waals surface area contributed by atoms with Gasteiger partial charge in [-0.15, -0.1) is 22.7 Å². The molecule has 0 fully saturated rings. The molecule has 2 nitrogen and oxygen atoms in total. The Balaban J connectivity index is 0.766. The van der Waals surface area contributed by atoms with E-state index in [4.69, 9.17) is 0 Å². The minimum Gasteiger partial charge on any atom is -0.309 e. The van der Waals surface area contributed by atoms with E-state index < -0.39 is 0 Å². The highest BCUT2D eigenvalue weighted by molar-refractivity contribution is 7.26. The molecule has 18 aromatic carbocycles. The lowest BCUT2D eigenvalue weighted by Crippen LogP contribution is -2.13. The summed E-state index contributed by atoms with van der Waals surface area (Å²) < 4.78 is 5.11. The minimum absolute atomic E-state index is 1.07. The third-order valence-corrected chi connectivity index (χ3v) is 23.3. The molecule has 0 saturated heterocycles. The Bertz CT molecular complexity index is 6720. The zero-order valence-electron chi connectivity index (χ0n) is 56.7. The number of fused-ring (bicyclic) bond motifs is 12. The van der Waals surface area contributed by atoms with Crippen LogP contribution in [0.3, 0.4) is 0 Å². The van der Waals surface area contributed by atoms with E-state index in [9.17, 15) is 0 Å². The Morgan fingerprint density at radius 3 is 0.971 bits per heavy atom. The van der Waals surface area contributed by atoms with Gasteiger partial charge in [0.1, 0.15) is 0 Å². The zero-order valence-corrected chi connectivity index (χ0v) is 58.3. The molecule has 0 atom stereocenters. The molecule has 104 heavy (non-hydrogen) atoms. The number of anilines is 6. The van der Waals surface area contributed by atoms with E-state index in [-0.39, 0.29) is 0 Å². The summed E-state index contributed by atoms with van der Waals surface area (Å²) in [6.45, 7) is 0. The van der Waals surface area contributed by atoms with Crippen molar-refractivity contribution in [3.05, 3.63) is 388 Å². The van der Waals surface area contributed by atoms with E-state index in [0.29, 0.717) is 0 Å². The number of thiophene rings is 2. The van der Waals surface area contributed by atoms with Gasteiger partial charge in [0.05, 0.1) is 11.4 Å². The first-order valence-electron chi connectivity index (χ1n) is 35.6. The molecule has 0 aliphatic rings. The van der Waals surface area contributed by atoms with E-state index in [1.807, 2.05) is 22.7 Å². The Labute approximate surface area is 611 Å². The SMILES string of the molecule is c1ccc(-c2ccc(N(c3ccc4sc5ccccc5c4c3)c3c(-c4cccc(-c5ccc(-c6ccc(N(c7ccc8sc9ccccc9c8c7)c7c(-c8ccccc8)c8ccccc8c8ccccc78)cc6)c(-c6ccccc6)c5)c4)c4ccccc4c4ccccc34)cc2-c2ccccc2)cc1. The second-order valence-corrected chi connectivity index (χ2v) is 29.1. The summed E-state index contributed by atoms with van der Waals surface area (Å²) >= 11 is 3.71. The summed E-state index contributed by atoms with van der Waals surface area (Å²) in [5.41, 5.74) is 22.8. The molecule has 4 heteroatoms. The summed E-state index contributed by atoms with van der Waals surface area (Å²) in [5.74, 6) is 0. The van der Waals surface area contributed by atoms with Gasteiger partial charge >= 0.3 is 0 Å². The third-order valence-electron chi connectivity index (χ3n) is 21.0. The fraction of sp³-hybridized carbons (Fsp3) is 0. The van der Waals surface area contributed by atoms with Gasteiger partial charge in [-0.2, -0.15) is 0 Å². The van der Waals surface area contributed by atoms with Gasteiger partial charge in [-0.25, -0.2) is 0 Å². The average molecular weight is 1360 g/mol. The summed E-state index contributed by atoms with van der Waals surface area (Å²) in [4.78, 5) is 5.09. The fourth-order valence-corrected chi connectivity index (χ4v) is 18.5. The van der Waals surface area contributed by atoms with Gasteiger partial charge in [0.15, 0.2) is 0 Å². The topological polar surface area (TPSA) is 6.48 Å². The first-order chi connectivity index (χ1) is 51.6. The van der Waals surface area contributed by atoms with Crippen LogP contribution in [0.1, 0.15) is 0 Å². The van der Waals surface area contributed by atoms with Gasteiger partial charge < -0.3 is 9.80 Å². The highest BCUT2D eigenvalue weighted by Crippen LogP contribution is 2.54. The van der Waals surface area contributed by atoms with Crippen LogP contribution in [0.4, 0.5) is 34.1 Å². The smallest absolute Gasteiger partial charge is 0.0624 e. The molecule has 0 saturated carbocycles. The van der Waals surface area contributed by atoms with Gasteiger partial charge in [-0.1, -0.05) is 303 Å². The monoisotopic (exact) mass is 1360 g/mol. The average Bonchev–Trinajstić information content (AvgIpc) is 0.804. The molecule has 2 heterocycles. The minimum atomic E-state index is 1.07. The molecule has 0 spiro atoms. The van der Waals surface area contributed by atoms with Crippen LogP contribution in [-0.4, -0.2) is 0 Å². The van der Waals surface area contributed by atoms with Crippen molar-refractivity contribution in [2.24, 2.45) is 0 Å². The molecule has 2 aromatic heterocycles. The van der Waals surface area contributed by atoms with E-state index in [1.54, 1.807) is 0 Å². The number of hydrogen-bond donors (Lipinski definition) is 0. The maximum atomic E-state index is 2.56. The summed E-state index contributed by atoms with van der Waals surface area (Å²) in [7, 11) is 0. The first kappa shape index (κ1) is 61.0. The predicted molar refractivity (Wildman–Crippen MR) is 450 cm³/mol. The number of hydrogen-bond acceptors (Lipinski definition) is 4. The van der Waals surface area contributed by atoms with Crippen LogP contribution in [0.2, 0.25) is 0 Å². The molecule has 0 amide bonds. The van der Waals surface area contributed by atoms with Gasteiger partial charge in [-0.05, 0) is 184 Å². The van der Waals surface area contributed by atoms with Crippen LogP contribution in [0, 0.1) is 0 Å². The Kier molecular flexibility index (Phi) is 15.0. The second-order valence-electron chi connectivity index (χ2n) is 26.9. The summed E-state index contributed by atoms with van der Waals surface area (Å²) in [5, 5.41) is 14.6. The second kappa shape index (κ2) is 25.6. The molecule has 20 rings (SSSR count). The lowest BCUT2D eigenvalue weighted by atomic mass is 9.87. The van der Waals surface area contributed by atoms with Gasteiger partial charge in [0.25, 0.3) is 0 Å². The molecular weight excluding hydrogens is 1290 g/mol. The Morgan fingerprint density at radius 2 is 0.462 bits per heavy atom. The lowest BCUT2D eigenvalue weighted by molar-refractivity contribution is 1.31. The maximum absolute atomic E-state index is 2.56. The van der Waals surface area contributed by atoms with Crippen LogP contribution in [0.25, 0.3) is 161 Å². The lowest BCUT2D eigenvalue weighted by Gasteiger charge is -2.31. The largest absolute Gasteiger partial charge is 0.309 e. The standard InChI is InChI=1S/C100H64N2S2/c1-5-26-65(27-6-1)78-57-53-74(62-90(78)67-30-9-3-10-31-67)102(76-55-59-96-92(64-76)84-41-22-24-47-94(84)104-96)100-88-45-20-16-39-82(88)80-37-14-18-43-86(80)98(100)72-35-25-34-70(60-72)71-50-56-77(89(61-71)66-28-7-2-8-29-66)68-48-51-73(52-49-68)101(75-54-58-95-91(63-75)83-40-21-23-46-93(83)103-95)99-87-44-19-15-38-81(87)79-36-13-17-42-85(79)97(99)69-32-11-4-12-33-69/h1-64H. The van der Waals surface area contributed by atoms with Gasteiger partial charge in [0.2, 0.25) is 0 Å². The van der Waals surface area contributed by atoms with Crippen molar-refractivity contribution in [3.63, 3.8) is 0 Å². The van der Waals surface area contributed by atoms with E-state index >= 15 is 0 Å². The van der Waals surface area contributed by atoms with E-state index in [0.717, 1.165) is 84.2 Å². The summed E-state index contributed by atoms with van der Waals surface area (Å²) in [6.07, 6.45) is 0. The summed E-state index contributed by atoms with van der Waals surface area (Å²) in [6, 6.07) is 144. The van der Waals surface area contributed by atoms with Crippen LogP contribution in [-0.2, 0) is 0 Å². The first-order valence-corrected chi connectivity index (χ1v) is 37.2. The highest BCUT2D eigenvalue weighted by Gasteiger charge is 2.28. The van der Waals surface area contributed by atoms with Crippen LogP contribution >= 0.6 is 22.7 Å².